The van der Waals surface area contributed by atoms with Crippen molar-refractivity contribution in [2.45, 2.75) is 13.8 Å². The maximum absolute atomic E-state index is 12.6. The first-order valence-corrected chi connectivity index (χ1v) is 5.44. The summed E-state index contributed by atoms with van der Waals surface area (Å²) in [6, 6.07) is 5.25. The lowest BCUT2D eigenvalue weighted by Crippen LogP contribution is -2.39. The zero-order valence-corrected chi connectivity index (χ0v) is 9.87. The number of hydrogen-bond donors (Lipinski definition) is 1. The summed E-state index contributed by atoms with van der Waals surface area (Å²) < 4.78 is 12.6. The second kappa shape index (κ2) is 5.98. The molecule has 0 aliphatic rings. The number of likely N-dealkylation sites (N-methyl/N-ethyl adjacent to an activating group) is 1. The number of halogens is 1. The maximum Gasteiger partial charge on any atom is 0.313 e. The molecule has 0 saturated carbocycles. The normalized spacial score (nSPS) is 9.82. The summed E-state index contributed by atoms with van der Waals surface area (Å²) in [6.45, 7) is 4.55. The van der Waals surface area contributed by atoms with Crippen molar-refractivity contribution in [3.63, 3.8) is 0 Å². The molecule has 0 bridgehead atoms. The number of anilines is 1. The lowest BCUT2D eigenvalue weighted by Gasteiger charge is -2.17. The van der Waals surface area contributed by atoms with E-state index in [1.165, 1.54) is 29.2 Å². The predicted molar refractivity (Wildman–Crippen MR) is 63.0 cm³/mol. The molecule has 0 spiro atoms. The highest BCUT2D eigenvalue weighted by Crippen LogP contribution is 2.08. The number of nitrogens with one attached hydrogen (secondary N) is 1. The highest BCUT2D eigenvalue weighted by molar-refractivity contribution is 6.39. The Morgan fingerprint density at radius 2 is 1.71 bits per heavy atom. The van der Waals surface area contributed by atoms with Crippen LogP contribution in [0, 0.1) is 5.82 Å². The van der Waals surface area contributed by atoms with Crippen LogP contribution in [0.5, 0.6) is 0 Å². The Kier molecular flexibility index (Phi) is 4.63. The van der Waals surface area contributed by atoms with Crippen LogP contribution >= 0.6 is 0 Å². The van der Waals surface area contributed by atoms with Gasteiger partial charge in [0.1, 0.15) is 5.82 Å². The Balaban J connectivity index is 2.66. The van der Waals surface area contributed by atoms with E-state index in [1.807, 2.05) is 0 Å². The number of rotatable bonds is 3. The Hall–Kier alpha value is -1.91. The zero-order chi connectivity index (χ0) is 12.8. The summed E-state index contributed by atoms with van der Waals surface area (Å²) in [5.74, 6) is -1.68. The molecule has 17 heavy (non-hydrogen) atoms. The van der Waals surface area contributed by atoms with E-state index in [2.05, 4.69) is 5.32 Å². The zero-order valence-electron chi connectivity index (χ0n) is 9.87. The molecule has 1 rings (SSSR count). The molecule has 1 aromatic carbocycles. The van der Waals surface area contributed by atoms with Gasteiger partial charge >= 0.3 is 11.8 Å². The largest absolute Gasteiger partial charge is 0.335 e. The Morgan fingerprint density at radius 3 is 2.18 bits per heavy atom. The molecule has 1 aromatic rings. The van der Waals surface area contributed by atoms with E-state index in [-0.39, 0.29) is 0 Å². The number of carbonyl (C=O) groups is 2. The molecule has 0 saturated heterocycles. The van der Waals surface area contributed by atoms with Gasteiger partial charge in [-0.05, 0) is 38.1 Å². The van der Waals surface area contributed by atoms with Crippen LogP contribution in [0.2, 0.25) is 0 Å². The van der Waals surface area contributed by atoms with E-state index in [9.17, 15) is 14.0 Å². The number of amides is 2. The Labute approximate surface area is 99.4 Å². The number of carbonyl (C=O) groups excluding carboxylic acids is 2. The fraction of sp³-hybridized carbons (Fsp3) is 0.333. The van der Waals surface area contributed by atoms with Gasteiger partial charge in [-0.1, -0.05) is 0 Å². The van der Waals surface area contributed by atoms with E-state index in [1.54, 1.807) is 13.8 Å². The van der Waals surface area contributed by atoms with E-state index in [0.717, 1.165) is 0 Å². The van der Waals surface area contributed by atoms with Crippen molar-refractivity contribution < 1.29 is 14.0 Å². The fourth-order valence-corrected chi connectivity index (χ4v) is 1.37. The molecular formula is C12H15FN2O2. The van der Waals surface area contributed by atoms with Crippen LogP contribution in [0.25, 0.3) is 0 Å². The van der Waals surface area contributed by atoms with Gasteiger partial charge in [-0.2, -0.15) is 0 Å². The minimum absolute atomic E-state index is 0.391. The van der Waals surface area contributed by atoms with E-state index in [4.69, 9.17) is 0 Å². The van der Waals surface area contributed by atoms with Crippen molar-refractivity contribution in [2.24, 2.45) is 0 Å². The molecular weight excluding hydrogens is 223 g/mol. The third kappa shape index (κ3) is 3.55. The third-order valence-electron chi connectivity index (χ3n) is 2.35. The molecule has 0 fully saturated rings. The van der Waals surface area contributed by atoms with Gasteiger partial charge in [-0.25, -0.2) is 4.39 Å². The third-order valence-corrected chi connectivity index (χ3v) is 2.35. The first-order chi connectivity index (χ1) is 8.08. The van der Waals surface area contributed by atoms with Crippen molar-refractivity contribution in [3.05, 3.63) is 30.1 Å². The molecule has 0 aliphatic carbocycles. The van der Waals surface area contributed by atoms with Crippen LogP contribution in [0.15, 0.2) is 24.3 Å². The second-order valence-corrected chi connectivity index (χ2v) is 3.44. The van der Waals surface area contributed by atoms with Gasteiger partial charge in [0, 0.05) is 18.8 Å². The summed E-state index contributed by atoms with van der Waals surface area (Å²) in [5, 5.41) is 2.42. The van der Waals surface area contributed by atoms with Gasteiger partial charge in [0.25, 0.3) is 0 Å². The van der Waals surface area contributed by atoms with Gasteiger partial charge in [0.15, 0.2) is 0 Å². The van der Waals surface area contributed by atoms with Crippen molar-refractivity contribution in [2.75, 3.05) is 18.4 Å². The molecule has 0 aliphatic heterocycles. The molecule has 0 unspecified atom stereocenters. The lowest BCUT2D eigenvalue weighted by molar-refractivity contribution is -0.142. The predicted octanol–water partition coefficient (Wildman–Crippen LogP) is 1.63. The Bertz CT molecular complexity index is 399. The first kappa shape index (κ1) is 13.2. The average Bonchev–Trinajstić information content (AvgIpc) is 2.33. The van der Waals surface area contributed by atoms with Crippen molar-refractivity contribution in [1.29, 1.82) is 0 Å². The van der Waals surface area contributed by atoms with Gasteiger partial charge in [0.05, 0.1) is 0 Å². The molecule has 0 aromatic heterocycles. The molecule has 92 valence electrons. The first-order valence-electron chi connectivity index (χ1n) is 5.44. The topological polar surface area (TPSA) is 49.4 Å². The Morgan fingerprint density at radius 1 is 1.18 bits per heavy atom. The van der Waals surface area contributed by atoms with Crippen LogP contribution in [-0.2, 0) is 9.59 Å². The summed E-state index contributed by atoms with van der Waals surface area (Å²) in [6.07, 6.45) is 0. The number of benzene rings is 1. The molecule has 2 amide bonds. The van der Waals surface area contributed by atoms with E-state index in [0.29, 0.717) is 18.8 Å². The van der Waals surface area contributed by atoms with E-state index < -0.39 is 17.6 Å². The summed E-state index contributed by atoms with van der Waals surface area (Å²) >= 11 is 0. The van der Waals surface area contributed by atoms with E-state index >= 15 is 0 Å². The van der Waals surface area contributed by atoms with Crippen molar-refractivity contribution in [1.82, 2.24) is 4.90 Å². The van der Waals surface area contributed by atoms with Crippen LogP contribution in [0.3, 0.4) is 0 Å². The molecule has 5 heteroatoms. The second-order valence-electron chi connectivity index (χ2n) is 3.44. The molecule has 0 heterocycles. The van der Waals surface area contributed by atoms with Crippen LogP contribution in [0.1, 0.15) is 13.8 Å². The summed E-state index contributed by atoms with van der Waals surface area (Å²) in [4.78, 5) is 24.6. The number of hydrogen-bond acceptors (Lipinski definition) is 2. The monoisotopic (exact) mass is 238 g/mol. The molecule has 0 radical (unpaired) electrons. The minimum Gasteiger partial charge on any atom is -0.335 e. The van der Waals surface area contributed by atoms with Crippen LogP contribution in [-0.4, -0.2) is 29.8 Å². The quantitative estimate of drug-likeness (QED) is 0.814. The van der Waals surface area contributed by atoms with Gasteiger partial charge in [-0.15, -0.1) is 0 Å². The summed E-state index contributed by atoms with van der Waals surface area (Å²) in [7, 11) is 0. The smallest absolute Gasteiger partial charge is 0.313 e. The molecule has 4 nitrogen and oxygen atoms in total. The van der Waals surface area contributed by atoms with Gasteiger partial charge in [0.2, 0.25) is 0 Å². The average molecular weight is 238 g/mol. The SMILES string of the molecule is CCN(CC)C(=O)C(=O)Nc1ccc(F)cc1. The van der Waals surface area contributed by atoms with Crippen LogP contribution < -0.4 is 5.32 Å². The highest BCUT2D eigenvalue weighted by atomic mass is 19.1. The maximum atomic E-state index is 12.6. The van der Waals surface area contributed by atoms with Crippen molar-refractivity contribution in [3.8, 4) is 0 Å². The van der Waals surface area contributed by atoms with Gasteiger partial charge < -0.3 is 10.2 Å². The standard InChI is InChI=1S/C12H15FN2O2/c1-3-15(4-2)12(17)11(16)14-10-7-5-9(13)6-8-10/h5-8H,3-4H2,1-2H3,(H,14,16). The lowest BCUT2D eigenvalue weighted by atomic mass is 10.3. The van der Waals surface area contributed by atoms with Crippen LogP contribution in [0.4, 0.5) is 10.1 Å². The van der Waals surface area contributed by atoms with Gasteiger partial charge in [-0.3, -0.25) is 9.59 Å². The fourth-order valence-electron chi connectivity index (χ4n) is 1.37. The van der Waals surface area contributed by atoms with Crippen molar-refractivity contribution >= 4 is 17.5 Å². The summed E-state index contributed by atoms with van der Waals surface area (Å²) in [5.41, 5.74) is 0.400. The number of nitrogens with zero attached hydrogens (tertiary/aromatic N) is 1. The molecule has 0 atom stereocenters. The highest BCUT2D eigenvalue weighted by Gasteiger charge is 2.18. The molecule has 1 N–H and O–H groups in total. The minimum atomic E-state index is -0.708.